The Labute approximate surface area is 119 Å². The largest absolute Gasteiger partial charge is 0.483 e. The zero-order valence-corrected chi connectivity index (χ0v) is 12.4. The fourth-order valence-electron chi connectivity index (χ4n) is 1.61. The van der Waals surface area contributed by atoms with Gasteiger partial charge in [-0.15, -0.1) is 0 Å². The number of benzene rings is 1. The average molecular weight is 282 g/mol. The molecule has 4 nitrogen and oxygen atoms in total. The summed E-state index contributed by atoms with van der Waals surface area (Å²) in [5.41, 5.74) is 6.47. The number of ether oxygens (including phenoxy) is 1. The maximum Gasteiger partial charge on any atom is 0.258 e. The number of hydrogen-bond donors (Lipinski definition) is 2. The van der Waals surface area contributed by atoms with Gasteiger partial charge in [0.15, 0.2) is 6.61 Å². The van der Waals surface area contributed by atoms with Crippen LogP contribution in [-0.4, -0.2) is 18.6 Å². The number of amides is 1. The second-order valence-corrected chi connectivity index (χ2v) is 5.36. The van der Waals surface area contributed by atoms with Crippen molar-refractivity contribution in [2.45, 2.75) is 39.8 Å². The van der Waals surface area contributed by atoms with Gasteiger partial charge in [-0.3, -0.25) is 4.79 Å². The molecule has 1 aromatic carbocycles. The summed E-state index contributed by atoms with van der Waals surface area (Å²) >= 11 is 0. The quantitative estimate of drug-likeness (QED) is 0.842. The van der Waals surface area contributed by atoms with Gasteiger partial charge in [-0.1, -0.05) is 19.9 Å². The highest BCUT2D eigenvalue weighted by Gasteiger charge is 2.14. The van der Waals surface area contributed by atoms with Crippen molar-refractivity contribution in [2.75, 3.05) is 6.61 Å². The number of carbonyl (C=O) groups is 1. The van der Waals surface area contributed by atoms with Gasteiger partial charge in [0.05, 0.1) is 0 Å². The molecule has 0 spiro atoms. The molecular weight excluding hydrogens is 259 g/mol. The Bertz CT molecular complexity index is 461. The maximum absolute atomic E-state index is 13.2. The molecule has 0 aliphatic carbocycles. The highest BCUT2D eigenvalue weighted by Crippen LogP contribution is 2.24. The third-order valence-corrected chi connectivity index (χ3v) is 3.21. The zero-order valence-electron chi connectivity index (χ0n) is 12.4. The number of nitrogens with two attached hydrogens (primary N) is 1. The normalized spacial score (nSPS) is 13.9. The summed E-state index contributed by atoms with van der Waals surface area (Å²) in [4.78, 5) is 11.7. The molecule has 1 rings (SSSR count). The van der Waals surface area contributed by atoms with E-state index in [0.717, 1.165) is 0 Å². The molecule has 1 unspecified atom stereocenters. The summed E-state index contributed by atoms with van der Waals surface area (Å²) in [5.74, 6) is 0.00605. The summed E-state index contributed by atoms with van der Waals surface area (Å²) in [6.45, 7) is 7.60. The van der Waals surface area contributed by atoms with Gasteiger partial charge in [-0.05, 0) is 25.8 Å². The minimum absolute atomic E-state index is 0.0616. The first-order valence-electron chi connectivity index (χ1n) is 6.78. The number of rotatable bonds is 6. The van der Waals surface area contributed by atoms with Gasteiger partial charge in [-0.2, -0.15) is 0 Å². The first-order valence-corrected chi connectivity index (χ1v) is 6.78. The van der Waals surface area contributed by atoms with Crippen LogP contribution >= 0.6 is 0 Å². The van der Waals surface area contributed by atoms with Crippen LogP contribution in [0.3, 0.4) is 0 Å². The van der Waals surface area contributed by atoms with Gasteiger partial charge in [0.1, 0.15) is 11.6 Å². The average Bonchev–Trinajstić information content (AvgIpc) is 2.35. The second kappa shape index (κ2) is 7.24. The SMILES string of the molecule is CC(C)C(C)NC(=O)COc1cc(F)ccc1[C@@H](C)N. The molecule has 0 aliphatic rings. The van der Waals surface area contributed by atoms with E-state index < -0.39 is 5.82 Å². The summed E-state index contributed by atoms with van der Waals surface area (Å²) in [6.07, 6.45) is 0. The van der Waals surface area contributed by atoms with E-state index in [4.69, 9.17) is 10.5 Å². The topological polar surface area (TPSA) is 64.3 Å². The van der Waals surface area contributed by atoms with Crippen molar-refractivity contribution in [2.24, 2.45) is 11.7 Å². The molecule has 3 N–H and O–H groups in total. The molecule has 0 saturated carbocycles. The molecule has 2 atom stereocenters. The molecule has 1 amide bonds. The minimum atomic E-state index is -0.416. The number of halogens is 1. The molecule has 1 aromatic rings. The van der Waals surface area contributed by atoms with Gasteiger partial charge in [0.25, 0.3) is 5.91 Å². The lowest BCUT2D eigenvalue weighted by Gasteiger charge is -2.18. The molecule has 0 bridgehead atoms. The number of carbonyl (C=O) groups excluding carboxylic acids is 1. The van der Waals surface area contributed by atoms with Crippen LogP contribution in [0.1, 0.15) is 39.3 Å². The Hall–Kier alpha value is -1.62. The number of hydrogen-bond acceptors (Lipinski definition) is 3. The zero-order chi connectivity index (χ0) is 15.3. The fourth-order valence-corrected chi connectivity index (χ4v) is 1.61. The first kappa shape index (κ1) is 16.4. The Morgan fingerprint density at radius 3 is 2.55 bits per heavy atom. The third kappa shape index (κ3) is 4.81. The molecule has 0 fully saturated rings. The molecule has 5 heteroatoms. The number of nitrogens with one attached hydrogen (secondary N) is 1. The predicted octanol–water partition coefficient (Wildman–Crippen LogP) is 2.38. The van der Waals surface area contributed by atoms with Crippen LogP contribution in [0.4, 0.5) is 4.39 Å². The van der Waals surface area contributed by atoms with Crippen molar-refractivity contribution in [3.63, 3.8) is 0 Å². The standard InChI is InChI=1S/C15H23FN2O2/c1-9(2)11(4)18-15(19)8-20-14-7-12(16)5-6-13(14)10(3)17/h5-7,9-11H,8,17H2,1-4H3,(H,18,19)/t10-,11?/m1/s1. The highest BCUT2D eigenvalue weighted by atomic mass is 19.1. The Balaban J connectivity index is 2.65. The molecule has 0 saturated heterocycles. The molecule has 0 heterocycles. The minimum Gasteiger partial charge on any atom is -0.483 e. The van der Waals surface area contributed by atoms with Crippen LogP contribution < -0.4 is 15.8 Å². The summed E-state index contributed by atoms with van der Waals surface area (Å²) in [5, 5.41) is 2.82. The smallest absolute Gasteiger partial charge is 0.258 e. The van der Waals surface area contributed by atoms with Crippen LogP contribution in [-0.2, 0) is 4.79 Å². The van der Waals surface area contributed by atoms with Crippen molar-refractivity contribution in [1.82, 2.24) is 5.32 Å². The van der Waals surface area contributed by atoms with Crippen LogP contribution in [0.25, 0.3) is 0 Å². The van der Waals surface area contributed by atoms with E-state index in [-0.39, 0.29) is 24.6 Å². The molecule has 0 radical (unpaired) electrons. The van der Waals surface area contributed by atoms with Gasteiger partial charge in [0.2, 0.25) is 0 Å². The maximum atomic E-state index is 13.2. The van der Waals surface area contributed by atoms with Crippen molar-refractivity contribution in [3.8, 4) is 5.75 Å². The van der Waals surface area contributed by atoms with E-state index in [2.05, 4.69) is 5.32 Å². The van der Waals surface area contributed by atoms with Crippen molar-refractivity contribution in [1.29, 1.82) is 0 Å². The van der Waals surface area contributed by atoms with Crippen LogP contribution in [0.15, 0.2) is 18.2 Å². The molecule has 0 aromatic heterocycles. The lowest BCUT2D eigenvalue weighted by atomic mass is 10.1. The van der Waals surface area contributed by atoms with E-state index in [0.29, 0.717) is 17.2 Å². The second-order valence-electron chi connectivity index (χ2n) is 5.36. The molecule has 0 aliphatic heterocycles. The first-order chi connectivity index (χ1) is 9.31. The molecular formula is C15H23FN2O2. The van der Waals surface area contributed by atoms with Crippen LogP contribution in [0.2, 0.25) is 0 Å². The summed E-state index contributed by atoms with van der Waals surface area (Å²) in [7, 11) is 0. The van der Waals surface area contributed by atoms with Gasteiger partial charge < -0.3 is 15.8 Å². The Morgan fingerprint density at radius 1 is 1.35 bits per heavy atom. The third-order valence-electron chi connectivity index (χ3n) is 3.21. The monoisotopic (exact) mass is 282 g/mol. The van der Waals surface area contributed by atoms with Crippen molar-refractivity contribution in [3.05, 3.63) is 29.6 Å². The van der Waals surface area contributed by atoms with Crippen molar-refractivity contribution >= 4 is 5.91 Å². The summed E-state index contributed by atoms with van der Waals surface area (Å²) < 4.78 is 18.6. The molecule has 20 heavy (non-hydrogen) atoms. The lowest BCUT2D eigenvalue weighted by molar-refractivity contribution is -0.124. The highest BCUT2D eigenvalue weighted by molar-refractivity contribution is 5.77. The van der Waals surface area contributed by atoms with E-state index >= 15 is 0 Å². The van der Waals surface area contributed by atoms with Gasteiger partial charge in [-0.25, -0.2) is 4.39 Å². The van der Waals surface area contributed by atoms with E-state index in [1.807, 2.05) is 20.8 Å². The van der Waals surface area contributed by atoms with E-state index in [9.17, 15) is 9.18 Å². The Kier molecular flexibility index (Phi) is 5.95. The van der Waals surface area contributed by atoms with Gasteiger partial charge >= 0.3 is 0 Å². The Morgan fingerprint density at radius 2 is 2.00 bits per heavy atom. The van der Waals surface area contributed by atoms with Crippen LogP contribution in [0, 0.1) is 11.7 Å². The van der Waals surface area contributed by atoms with E-state index in [1.54, 1.807) is 13.0 Å². The fraction of sp³-hybridized carbons (Fsp3) is 0.533. The summed E-state index contributed by atoms with van der Waals surface area (Å²) in [6, 6.07) is 3.92. The van der Waals surface area contributed by atoms with Crippen LogP contribution in [0.5, 0.6) is 5.75 Å². The lowest BCUT2D eigenvalue weighted by Crippen LogP contribution is -2.39. The molecule has 112 valence electrons. The van der Waals surface area contributed by atoms with Gasteiger partial charge in [0, 0.05) is 23.7 Å². The predicted molar refractivity (Wildman–Crippen MR) is 76.9 cm³/mol. The van der Waals surface area contributed by atoms with E-state index in [1.165, 1.54) is 12.1 Å². The van der Waals surface area contributed by atoms with Crippen molar-refractivity contribution < 1.29 is 13.9 Å².